The summed E-state index contributed by atoms with van der Waals surface area (Å²) in [5.74, 6) is -0.349. The maximum Gasteiger partial charge on any atom is 0.407 e. The van der Waals surface area contributed by atoms with Crippen LogP contribution < -0.4 is 10.6 Å². The zero-order valence-corrected chi connectivity index (χ0v) is 12.3. The van der Waals surface area contributed by atoms with Gasteiger partial charge in [-0.1, -0.05) is 23.7 Å². The van der Waals surface area contributed by atoms with Gasteiger partial charge in [0.1, 0.15) is 6.04 Å². The third kappa shape index (κ3) is 6.15. The molecule has 0 saturated heterocycles. The Balaban J connectivity index is 2.45. The van der Waals surface area contributed by atoms with E-state index in [0.29, 0.717) is 10.6 Å². The first kappa shape index (κ1) is 16.8. The fourth-order valence-electron chi connectivity index (χ4n) is 1.57. The number of benzene rings is 1. The molecule has 0 fully saturated rings. The van der Waals surface area contributed by atoms with Gasteiger partial charge in [-0.2, -0.15) is 5.26 Å². The van der Waals surface area contributed by atoms with Crippen molar-refractivity contribution in [3.8, 4) is 6.07 Å². The van der Waals surface area contributed by atoms with E-state index >= 15 is 0 Å². The number of alkyl carbamates (subject to hydrolysis) is 1. The quantitative estimate of drug-likeness (QED) is 0.842. The summed E-state index contributed by atoms with van der Waals surface area (Å²) < 4.78 is 4.66. The summed E-state index contributed by atoms with van der Waals surface area (Å²) in [6.07, 6.45) is -0.519. The minimum Gasteiger partial charge on any atom is -0.450 e. The molecule has 0 radical (unpaired) electrons. The van der Waals surface area contributed by atoms with Crippen LogP contribution in [0, 0.1) is 11.3 Å². The third-order valence-corrected chi connectivity index (χ3v) is 2.75. The van der Waals surface area contributed by atoms with E-state index < -0.39 is 12.1 Å². The summed E-state index contributed by atoms with van der Waals surface area (Å²) in [5, 5.41) is 14.6. The molecule has 0 spiro atoms. The highest BCUT2D eigenvalue weighted by atomic mass is 35.5. The molecular weight excluding hydrogens is 294 g/mol. The molecule has 0 unspecified atom stereocenters. The van der Waals surface area contributed by atoms with E-state index in [0.717, 1.165) is 0 Å². The maximum atomic E-state index is 11.7. The lowest BCUT2D eigenvalue weighted by atomic mass is 10.1. The van der Waals surface area contributed by atoms with Crippen molar-refractivity contribution in [3.63, 3.8) is 0 Å². The molecule has 2 N–H and O–H groups in total. The van der Waals surface area contributed by atoms with Crippen LogP contribution in [0.2, 0.25) is 5.02 Å². The lowest BCUT2D eigenvalue weighted by Gasteiger charge is -2.12. The molecule has 0 aliphatic carbocycles. The Morgan fingerprint density at radius 3 is 2.86 bits per heavy atom. The number of nitrogens with one attached hydrogen (secondary N) is 2. The van der Waals surface area contributed by atoms with Crippen molar-refractivity contribution >= 4 is 23.6 Å². The molecule has 2 amide bonds. The Morgan fingerprint density at radius 2 is 2.24 bits per heavy atom. The lowest BCUT2D eigenvalue weighted by molar-refractivity contribution is -0.121. The van der Waals surface area contributed by atoms with Gasteiger partial charge in [0.2, 0.25) is 5.91 Å². The molecule has 6 nitrogen and oxygen atoms in total. The number of rotatable bonds is 6. The molecule has 1 atom stereocenters. The van der Waals surface area contributed by atoms with Gasteiger partial charge in [0.15, 0.2) is 0 Å². The number of ether oxygens (including phenoxy) is 1. The summed E-state index contributed by atoms with van der Waals surface area (Å²) in [6, 6.07) is 7.93. The Morgan fingerprint density at radius 1 is 1.48 bits per heavy atom. The summed E-state index contributed by atoms with van der Waals surface area (Å²) in [7, 11) is 0. The van der Waals surface area contributed by atoms with Crippen molar-refractivity contribution < 1.29 is 14.3 Å². The predicted molar refractivity (Wildman–Crippen MR) is 77.6 cm³/mol. The molecule has 1 rings (SSSR count). The fourth-order valence-corrected chi connectivity index (χ4v) is 1.77. The molecule has 7 heteroatoms. The third-order valence-electron chi connectivity index (χ3n) is 2.51. The highest BCUT2D eigenvalue weighted by Gasteiger charge is 2.14. The second kappa shape index (κ2) is 8.82. The van der Waals surface area contributed by atoms with Gasteiger partial charge in [-0.05, 0) is 24.6 Å². The highest BCUT2D eigenvalue weighted by molar-refractivity contribution is 6.30. The van der Waals surface area contributed by atoms with E-state index in [1.54, 1.807) is 31.2 Å². The van der Waals surface area contributed by atoms with Gasteiger partial charge in [-0.3, -0.25) is 4.79 Å². The van der Waals surface area contributed by atoms with Crippen LogP contribution >= 0.6 is 11.6 Å². The number of hydrogen-bond acceptors (Lipinski definition) is 4. The molecule has 0 saturated carbocycles. The van der Waals surface area contributed by atoms with Gasteiger partial charge in [-0.25, -0.2) is 4.79 Å². The van der Waals surface area contributed by atoms with Gasteiger partial charge in [-0.15, -0.1) is 0 Å². The number of amides is 2. The molecule has 0 aliphatic heterocycles. The number of nitrogens with zero attached hydrogens (tertiary/aromatic N) is 1. The Bertz CT molecular complexity index is 543. The molecule has 112 valence electrons. The normalized spacial score (nSPS) is 11.1. The van der Waals surface area contributed by atoms with Crippen molar-refractivity contribution in [1.29, 1.82) is 5.26 Å². The Hall–Kier alpha value is -2.26. The van der Waals surface area contributed by atoms with E-state index in [4.69, 9.17) is 16.9 Å². The van der Waals surface area contributed by atoms with E-state index in [2.05, 4.69) is 15.4 Å². The number of nitriles is 1. The number of hydrogen-bond donors (Lipinski definition) is 2. The van der Waals surface area contributed by atoms with Crippen LogP contribution in [-0.2, 0) is 9.53 Å². The van der Waals surface area contributed by atoms with E-state index in [1.165, 1.54) is 0 Å². The lowest BCUT2D eigenvalue weighted by Crippen LogP contribution is -2.32. The average molecular weight is 310 g/mol. The van der Waals surface area contributed by atoms with Gasteiger partial charge in [0.25, 0.3) is 0 Å². The summed E-state index contributed by atoms with van der Waals surface area (Å²) >= 11 is 5.85. The Kier molecular flexibility index (Phi) is 7.05. The average Bonchev–Trinajstić information content (AvgIpc) is 2.45. The molecule has 0 aromatic heterocycles. The van der Waals surface area contributed by atoms with E-state index in [9.17, 15) is 9.59 Å². The number of halogens is 1. The molecule has 1 aromatic carbocycles. The van der Waals surface area contributed by atoms with Crippen LogP contribution in [0.15, 0.2) is 24.3 Å². The minimum absolute atomic E-state index is 0.0531. The first-order valence-electron chi connectivity index (χ1n) is 6.42. The van der Waals surface area contributed by atoms with Crippen molar-refractivity contribution in [1.82, 2.24) is 10.6 Å². The first-order chi connectivity index (χ1) is 10.1. The Labute approximate surface area is 128 Å². The number of carbonyl (C=O) groups excluding carboxylic acids is 2. The van der Waals surface area contributed by atoms with E-state index in [-0.39, 0.29) is 25.5 Å². The molecule has 1 aromatic rings. The predicted octanol–water partition coefficient (Wildman–Crippen LogP) is 2.16. The maximum absolute atomic E-state index is 11.7. The summed E-state index contributed by atoms with van der Waals surface area (Å²) in [5.41, 5.74) is 0.608. The zero-order valence-electron chi connectivity index (χ0n) is 11.6. The minimum atomic E-state index is -0.779. The molecule has 0 aliphatic rings. The van der Waals surface area contributed by atoms with Gasteiger partial charge >= 0.3 is 6.09 Å². The molecule has 0 heterocycles. The van der Waals surface area contributed by atoms with Gasteiger partial charge in [0, 0.05) is 18.0 Å². The van der Waals surface area contributed by atoms with Crippen LogP contribution in [0.25, 0.3) is 0 Å². The first-order valence-corrected chi connectivity index (χ1v) is 6.79. The van der Waals surface area contributed by atoms with Crippen molar-refractivity contribution in [2.45, 2.75) is 19.4 Å². The van der Waals surface area contributed by atoms with Crippen LogP contribution in [0.4, 0.5) is 4.79 Å². The standard InChI is InChI=1S/C14H16ClN3O3/c1-2-21-14(20)17-7-6-13(19)18-12(9-16)10-4-3-5-11(15)8-10/h3-5,8,12H,2,6-7H2,1H3,(H,17,20)(H,18,19)/t12-/m1/s1. The van der Waals surface area contributed by atoms with Crippen molar-refractivity contribution in [2.75, 3.05) is 13.2 Å². The van der Waals surface area contributed by atoms with Gasteiger partial charge < -0.3 is 15.4 Å². The summed E-state index contributed by atoms with van der Waals surface area (Å²) in [6.45, 7) is 2.09. The van der Waals surface area contributed by atoms with E-state index in [1.807, 2.05) is 6.07 Å². The summed E-state index contributed by atoms with van der Waals surface area (Å²) in [4.78, 5) is 22.8. The largest absolute Gasteiger partial charge is 0.450 e. The monoisotopic (exact) mass is 309 g/mol. The van der Waals surface area contributed by atoms with Crippen LogP contribution in [-0.4, -0.2) is 25.2 Å². The smallest absolute Gasteiger partial charge is 0.407 e. The fraction of sp³-hybridized carbons (Fsp3) is 0.357. The molecule has 0 bridgehead atoms. The zero-order chi connectivity index (χ0) is 15.7. The van der Waals surface area contributed by atoms with Crippen molar-refractivity contribution in [2.24, 2.45) is 0 Å². The highest BCUT2D eigenvalue weighted by Crippen LogP contribution is 2.17. The second-order valence-corrected chi connectivity index (χ2v) is 4.52. The van der Waals surface area contributed by atoms with Crippen LogP contribution in [0.1, 0.15) is 24.9 Å². The SMILES string of the molecule is CCOC(=O)NCCC(=O)N[C@H](C#N)c1cccc(Cl)c1. The molecular formula is C14H16ClN3O3. The van der Waals surface area contributed by atoms with Gasteiger partial charge in [0.05, 0.1) is 12.7 Å². The number of carbonyl (C=O) groups is 2. The van der Waals surface area contributed by atoms with Crippen LogP contribution in [0.3, 0.4) is 0 Å². The second-order valence-electron chi connectivity index (χ2n) is 4.08. The van der Waals surface area contributed by atoms with Crippen LogP contribution in [0.5, 0.6) is 0 Å². The topological polar surface area (TPSA) is 91.2 Å². The molecule has 21 heavy (non-hydrogen) atoms. The van der Waals surface area contributed by atoms with Crippen molar-refractivity contribution in [3.05, 3.63) is 34.9 Å².